The van der Waals surface area contributed by atoms with Gasteiger partial charge in [0.15, 0.2) is 0 Å². The van der Waals surface area contributed by atoms with Crippen molar-refractivity contribution in [3.63, 3.8) is 0 Å². The highest BCUT2D eigenvalue weighted by atomic mass is 16.5. The van der Waals surface area contributed by atoms with Crippen LogP contribution in [0.4, 0.5) is 0 Å². The average Bonchev–Trinajstić information content (AvgIpc) is 2.26. The first-order chi connectivity index (χ1) is 8.73. The molecule has 0 aromatic carbocycles. The van der Waals surface area contributed by atoms with Crippen molar-refractivity contribution in [2.45, 2.75) is 66.2 Å². The van der Waals surface area contributed by atoms with Gasteiger partial charge in [-0.3, -0.25) is 0 Å². The van der Waals surface area contributed by atoms with Crippen molar-refractivity contribution in [2.24, 2.45) is 5.92 Å². The zero-order chi connectivity index (χ0) is 14.6. The van der Waals surface area contributed by atoms with Gasteiger partial charge >= 0.3 is 0 Å². The summed E-state index contributed by atoms with van der Waals surface area (Å²) in [5.74, 6) is 1.97. The minimum Gasteiger partial charge on any atom is -0.477 e. The molecule has 0 unspecified atom stereocenters. The summed E-state index contributed by atoms with van der Waals surface area (Å²) in [7, 11) is 0. The van der Waals surface area contributed by atoms with Crippen molar-refractivity contribution >= 4 is 0 Å². The van der Waals surface area contributed by atoms with Gasteiger partial charge in [0.1, 0.15) is 0 Å². The maximum atomic E-state index is 5.95. The quantitative estimate of drug-likeness (QED) is 0.751. The second-order valence-electron chi connectivity index (χ2n) is 7.02. The minimum atomic E-state index is 0.0566. The van der Waals surface area contributed by atoms with E-state index in [1.807, 2.05) is 6.20 Å². The maximum Gasteiger partial charge on any atom is 0.217 e. The molecule has 108 valence electrons. The fourth-order valence-electron chi connectivity index (χ4n) is 2.19. The zero-order valence-corrected chi connectivity index (χ0v) is 13.6. The number of rotatable bonds is 5. The first-order valence-electron chi connectivity index (χ1n) is 7.35. The summed E-state index contributed by atoms with van der Waals surface area (Å²) in [6, 6.07) is 2.13. The van der Waals surface area contributed by atoms with Crippen molar-refractivity contribution in [1.82, 2.24) is 4.98 Å². The first-order valence-corrected chi connectivity index (χ1v) is 7.35. The Morgan fingerprint density at radius 3 is 2.26 bits per heavy atom. The molecule has 0 spiro atoms. The van der Waals surface area contributed by atoms with Gasteiger partial charge in [-0.25, -0.2) is 4.98 Å². The van der Waals surface area contributed by atoms with Gasteiger partial charge in [0, 0.05) is 11.8 Å². The molecule has 0 aliphatic carbocycles. The lowest BCUT2D eigenvalue weighted by Gasteiger charge is -2.26. The van der Waals surface area contributed by atoms with Gasteiger partial charge in [0.2, 0.25) is 5.88 Å². The molecule has 19 heavy (non-hydrogen) atoms. The monoisotopic (exact) mass is 263 g/mol. The average molecular weight is 263 g/mol. The summed E-state index contributed by atoms with van der Waals surface area (Å²) >= 11 is 0. The van der Waals surface area contributed by atoms with Gasteiger partial charge in [-0.1, -0.05) is 48.5 Å². The minimum absolute atomic E-state index is 0.0566. The van der Waals surface area contributed by atoms with Gasteiger partial charge in [-0.05, 0) is 35.3 Å². The third-order valence-electron chi connectivity index (χ3n) is 3.25. The van der Waals surface area contributed by atoms with E-state index >= 15 is 0 Å². The van der Waals surface area contributed by atoms with Gasteiger partial charge in [-0.2, -0.15) is 0 Å². The lowest BCUT2D eigenvalue weighted by molar-refractivity contribution is 0.271. The highest BCUT2D eigenvalue weighted by Crippen LogP contribution is 2.36. The van der Waals surface area contributed by atoms with Crippen LogP contribution in [-0.4, -0.2) is 11.6 Å². The molecule has 2 heteroatoms. The topological polar surface area (TPSA) is 22.1 Å². The number of aromatic nitrogens is 1. The largest absolute Gasteiger partial charge is 0.477 e. The van der Waals surface area contributed by atoms with Crippen molar-refractivity contribution in [3.8, 4) is 5.88 Å². The third kappa shape index (κ3) is 4.52. The van der Waals surface area contributed by atoms with Crippen molar-refractivity contribution in [1.29, 1.82) is 0 Å². The lowest BCUT2D eigenvalue weighted by Crippen LogP contribution is -2.18. The van der Waals surface area contributed by atoms with Crippen LogP contribution in [0.1, 0.15) is 71.9 Å². The van der Waals surface area contributed by atoms with Crippen molar-refractivity contribution in [3.05, 3.63) is 23.4 Å². The van der Waals surface area contributed by atoms with Crippen LogP contribution in [0.2, 0.25) is 0 Å². The Hall–Kier alpha value is -1.05. The number of pyridine rings is 1. The Morgan fingerprint density at radius 2 is 1.79 bits per heavy atom. The third-order valence-corrected chi connectivity index (χ3v) is 3.25. The molecule has 1 aromatic rings. The van der Waals surface area contributed by atoms with Crippen LogP contribution in [0.3, 0.4) is 0 Å². The summed E-state index contributed by atoms with van der Waals surface area (Å²) in [4.78, 5) is 4.46. The van der Waals surface area contributed by atoms with E-state index in [-0.39, 0.29) is 5.41 Å². The predicted octanol–water partition coefficient (Wildman–Crippen LogP) is 4.93. The molecule has 0 fully saturated rings. The summed E-state index contributed by atoms with van der Waals surface area (Å²) in [5, 5.41) is 0. The molecule has 1 rings (SSSR count). The van der Waals surface area contributed by atoms with Gasteiger partial charge in [-0.15, -0.1) is 0 Å². The van der Waals surface area contributed by atoms with E-state index in [9.17, 15) is 0 Å². The van der Waals surface area contributed by atoms with Crippen LogP contribution in [-0.2, 0) is 5.41 Å². The van der Waals surface area contributed by atoms with E-state index in [0.717, 1.165) is 18.9 Å². The number of hydrogen-bond acceptors (Lipinski definition) is 2. The molecule has 1 aromatic heterocycles. The summed E-state index contributed by atoms with van der Waals surface area (Å²) in [5.41, 5.74) is 2.66. The van der Waals surface area contributed by atoms with Gasteiger partial charge < -0.3 is 4.74 Å². The van der Waals surface area contributed by atoms with E-state index in [0.29, 0.717) is 11.8 Å². The summed E-state index contributed by atoms with van der Waals surface area (Å²) in [6.45, 7) is 16.3. The zero-order valence-electron chi connectivity index (χ0n) is 13.6. The van der Waals surface area contributed by atoms with Crippen LogP contribution >= 0.6 is 0 Å². The van der Waals surface area contributed by atoms with Crippen LogP contribution < -0.4 is 4.74 Å². The molecule has 0 bridgehead atoms. The van der Waals surface area contributed by atoms with Crippen molar-refractivity contribution < 1.29 is 4.74 Å². The number of ether oxygens (including phenoxy) is 1. The fourth-order valence-corrected chi connectivity index (χ4v) is 2.19. The molecule has 0 saturated carbocycles. The molecule has 0 saturated heterocycles. The Kier molecular flexibility index (Phi) is 5.39. The van der Waals surface area contributed by atoms with Crippen LogP contribution in [0.5, 0.6) is 5.88 Å². The Balaban J connectivity index is 3.06. The summed E-state index contributed by atoms with van der Waals surface area (Å²) in [6.07, 6.45) is 2.94. The van der Waals surface area contributed by atoms with Gasteiger partial charge in [0.25, 0.3) is 0 Å². The van der Waals surface area contributed by atoms with Crippen LogP contribution in [0.15, 0.2) is 12.3 Å². The molecule has 0 radical (unpaired) electrons. The standard InChI is InChI=1S/C17H29NO/c1-12(2)9-11-19-16-15(17(5,6)7)14(13(3)4)8-10-18-16/h8,10,12-13H,9,11H2,1-7H3. The highest BCUT2D eigenvalue weighted by molar-refractivity contribution is 5.41. The predicted molar refractivity (Wildman–Crippen MR) is 82.0 cm³/mol. The normalized spacial score (nSPS) is 12.3. The Bertz CT molecular complexity index is 402. The highest BCUT2D eigenvalue weighted by Gasteiger charge is 2.25. The molecule has 0 atom stereocenters. The maximum absolute atomic E-state index is 5.95. The van der Waals surface area contributed by atoms with Crippen molar-refractivity contribution in [2.75, 3.05) is 6.61 Å². The van der Waals surface area contributed by atoms with E-state index in [1.165, 1.54) is 11.1 Å². The van der Waals surface area contributed by atoms with E-state index in [4.69, 9.17) is 4.74 Å². The molecular weight excluding hydrogens is 234 g/mol. The molecule has 1 heterocycles. The molecule has 0 aliphatic rings. The Labute approximate surface area is 118 Å². The first kappa shape index (κ1) is 16.0. The van der Waals surface area contributed by atoms with Gasteiger partial charge in [0.05, 0.1) is 6.61 Å². The molecular formula is C17H29NO. The molecule has 0 amide bonds. The second-order valence-corrected chi connectivity index (χ2v) is 7.02. The fraction of sp³-hybridized carbons (Fsp3) is 0.706. The van der Waals surface area contributed by atoms with Crippen LogP contribution in [0, 0.1) is 5.92 Å². The van der Waals surface area contributed by atoms with Crippen LogP contribution in [0.25, 0.3) is 0 Å². The van der Waals surface area contributed by atoms with E-state index in [2.05, 4.69) is 59.5 Å². The lowest BCUT2D eigenvalue weighted by atomic mass is 9.81. The summed E-state index contributed by atoms with van der Waals surface area (Å²) < 4.78 is 5.95. The smallest absolute Gasteiger partial charge is 0.217 e. The molecule has 2 nitrogen and oxygen atoms in total. The SMILES string of the molecule is CC(C)CCOc1nccc(C(C)C)c1C(C)(C)C. The second kappa shape index (κ2) is 6.40. The molecule has 0 aliphatic heterocycles. The van der Waals surface area contributed by atoms with E-state index < -0.39 is 0 Å². The molecule has 0 N–H and O–H groups in total. The number of nitrogens with zero attached hydrogens (tertiary/aromatic N) is 1. The Morgan fingerprint density at radius 1 is 1.16 bits per heavy atom. The van der Waals surface area contributed by atoms with E-state index in [1.54, 1.807) is 0 Å². The number of hydrogen-bond donors (Lipinski definition) is 0.